The van der Waals surface area contributed by atoms with E-state index in [0.29, 0.717) is 0 Å². The molecule has 1 fully saturated rings. The number of nitrogens with zero attached hydrogens (tertiary/aromatic N) is 1. The lowest BCUT2D eigenvalue weighted by Gasteiger charge is -2.44. The summed E-state index contributed by atoms with van der Waals surface area (Å²) < 4.78 is 1.99. The molecule has 0 radical (unpaired) electrons. The van der Waals surface area contributed by atoms with Crippen LogP contribution in [0.5, 0.6) is 0 Å². The summed E-state index contributed by atoms with van der Waals surface area (Å²) in [5.41, 5.74) is 1.90. The number of halogens is 3. The Morgan fingerprint density at radius 2 is 1.40 bits per heavy atom. The zero-order valence-electron chi connectivity index (χ0n) is 10.3. The van der Waals surface area contributed by atoms with Crippen LogP contribution in [0.3, 0.4) is 0 Å². The molecule has 0 aromatic heterocycles. The van der Waals surface area contributed by atoms with Gasteiger partial charge in [0, 0.05) is 14.6 Å². The minimum absolute atomic E-state index is 0.0538. The Bertz CT molecular complexity index is 642. The Hall–Kier alpha value is -0.840. The molecule has 2 atom stereocenters. The average molecular weight is 416 g/mol. The van der Waals surface area contributed by atoms with E-state index in [4.69, 9.17) is 11.6 Å². The molecule has 20 heavy (non-hydrogen) atoms. The molecule has 2 nitrogen and oxygen atoms in total. The zero-order valence-corrected chi connectivity index (χ0v) is 14.2. The molecule has 0 spiro atoms. The molecule has 1 aliphatic heterocycles. The first-order chi connectivity index (χ1) is 9.58. The maximum atomic E-state index is 12.1. The molecule has 0 saturated carbocycles. The summed E-state index contributed by atoms with van der Waals surface area (Å²) in [6.07, 6.45) is 0. The number of hydrogen-bond donors (Lipinski definition) is 0. The second kappa shape index (κ2) is 5.51. The molecule has 0 aliphatic carbocycles. The lowest BCUT2D eigenvalue weighted by atomic mass is 9.92. The Balaban J connectivity index is 1.95. The number of amides is 1. The summed E-state index contributed by atoms with van der Waals surface area (Å²) in [4.78, 5) is 13.8. The van der Waals surface area contributed by atoms with Gasteiger partial charge in [-0.1, -0.05) is 44.0 Å². The first kappa shape index (κ1) is 14.1. The molecule has 1 heterocycles. The summed E-state index contributed by atoms with van der Waals surface area (Å²) in [5, 5.41) is -0.500. The van der Waals surface area contributed by atoms with Gasteiger partial charge in [0.1, 0.15) is 5.38 Å². The first-order valence-electron chi connectivity index (χ1n) is 6.06. The van der Waals surface area contributed by atoms with Crippen LogP contribution in [-0.2, 0) is 4.79 Å². The van der Waals surface area contributed by atoms with Crippen molar-refractivity contribution in [2.24, 2.45) is 0 Å². The van der Waals surface area contributed by atoms with E-state index >= 15 is 0 Å². The van der Waals surface area contributed by atoms with E-state index in [9.17, 15) is 4.79 Å². The second-order valence-corrected chi connectivity index (χ2v) is 6.88. The van der Waals surface area contributed by atoms with Gasteiger partial charge in [-0.05, 0) is 42.0 Å². The van der Waals surface area contributed by atoms with Crippen molar-refractivity contribution < 1.29 is 4.79 Å². The van der Waals surface area contributed by atoms with Crippen molar-refractivity contribution >= 4 is 55.1 Å². The molecule has 2 unspecified atom stereocenters. The quantitative estimate of drug-likeness (QED) is 0.504. The SMILES string of the molecule is O=C1C(Cl)C(c2ccc(Br)cc2)N1c1ccc(Br)cc1. The maximum absolute atomic E-state index is 12.1. The van der Waals surface area contributed by atoms with Crippen LogP contribution in [0.2, 0.25) is 0 Å². The van der Waals surface area contributed by atoms with Gasteiger partial charge < -0.3 is 4.90 Å². The highest BCUT2D eigenvalue weighted by molar-refractivity contribution is 9.10. The van der Waals surface area contributed by atoms with Crippen molar-refractivity contribution in [3.05, 3.63) is 63.0 Å². The van der Waals surface area contributed by atoms with Crippen LogP contribution >= 0.6 is 43.5 Å². The second-order valence-electron chi connectivity index (χ2n) is 4.58. The topological polar surface area (TPSA) is 20.3 Å². The van der Waals surface area contributed by atoms with Gasteiger partial charge in [-0.2, -0.15) is 0 Å². The molecule has 0 bridgehead atoms. The Morgan fingerprint density at radius 1 is 0.900 bits per heavy atom. The van der Waals surface area contributed by atoms with Crippen molar-refractivity contribution in [1.29, 1.82) is 0 Å². The number of hydrogen-bond acceptors (Lipinski definition) is 1. The number of carbonyl (C=O) groups is 1. The predicted molar refractivity (Wildman–Crippen MR) is 88.2 cm³/mol. The summed E-state index contributed by atoms with van der Waals surface area (Å²) in [5.74, 6) is -0.0538. The molecule has 0 N–H and O–H groups in total. The number of carbonyl (C=O) groups excluding carboxylic acids is 1. The average Bonchev–Trinajstić information content (AvgIpc) is 2.46. The van der Waals surface area contributed by atoms with Crippen LogP contribution in [0.25, 0.3) is 0 Å². The molecule has 102 valence electrons. The largest absolute Gasteiger partial charge is 0.302 e. The normalized spacial score (nSPS) is 21.8. The van der Waals surface area contributed by atoms with Crippen molar-refractivity contribution in [1.82, 2.24) is 0 Å². The van der Waals surface area contributed by atoms with Crippen LogP contribution in [0.4, 0.5) is 5.69 Å². The number of alkyl halides is 1. The van der Waals surface area contributed by atoms with Crippen LogP contribution in [-0.4, -0.2) is 11.3 Å². The molecule has 1 saturated heterocycles. The lowest BCUT2D eigenvalue weighted by Crippen LogP contribution is -2.56. The van der Waals surface area contributed by atoms with Gasteiger partial charge in [-0.3, -0.25) is 4.79 Å². The van der Waals surface area contributed by atoms with Crippen LogP contribution in [0.1, 0.15) is 11.6 Å². The summed E-state index contributed by atoms with van der Waals surface area (Å²) in [7, 11) is 0. The van der Waals surface area contributed by atoms with Crippen molar-refractivity contribution in [2.45, 2.75) is 11.4 Å². The first-order valence-corrected chi connectivity index (χ1v) is 8.08. The molecular weight excluding hydrogens is 405 g/mol. The van der Waals surface area contributed by atoms with E-state index in [1.165, 1.54) is 0 Å². The van der Waals surface area contributed by atoms with Gasteiger partial charge in [0.15, 0.2) is 0 Å². The highest BCUT2D eigenvalue weighted by Crippen LogP contribution is 2.42. The third-order valence-corrected chi connectivity index (χ3v) is 4.83. The Morgan fingerprint density at radius 3 is 1.95 bits per heavy atom. The van der Waals surface area contributed by atoms with Crippen molar-refractivity contribution in [3.8, 4) is 0 Å². The van der Waals surface area contributed by atoms with Gasteiger partial charge in [-0.15, -0.1) is 11.6 Å². The van der Waals surface area contributed by atoms with E-state index in [1.807, 2.05) is 48.5 Å². The van der Waals surface area contributed by atoms with Crippen LogP contribution < -0.4 is 4.90 Å². The standard InChI is InChI=1S/C15H10Br2ClNO/c16-10-3-1-9(2-4-10)14-13(18)15(20)19(14)12-7-5-11(17)6-8-12/h1-8,13-14H. The van der Waals surface area contributed by atoms with Gasteiger partial charge >= 0.3 is 0 Å². The Labute approximate surface area is 139 Å². The minimum Gasteiger partial charge on any atom is -0.302 e. The van der Waals surface area contributed by atoms with E-state index in [2.05, 4.69) is 31.9 Å². The monoisotopic (exact) mass is 413 g/mol. The third-order valence-electron chi connectivity index (χ3n) is 3.35. The summed E-state index contributed by atoms with van der Waals surface area (Å²) in [6.45, 7) is 0. The number of benzene rings is 2. The fraction of sp³-hybridized carbons (Fsp3) is 0.133. The van der Waals surface area contributed by atoms with E-state index < -0.39 is 5.38 Å². The van der Waals surface area contributed by atoms with Crippen molar-refractivity contribution in [2.75, 3.05) is 4.90 Å². The molecule has 1 amide bonds. The molecule has 2 aromatic carbocycles. The summed E-state index contributed by atoms with van der Waals surface area (Å²) in [6, 6.07) is 15.4. The summed E-state index contributed by atoms with van der Waals surface area (Å²) >= 11 is 13.0. The van der Waals surface area contributed by atoms with Crippen LogP contribution in [0.15, 0.2) is 57.5 Å². The smallest absolute Gasteiger partial charge is 0.248 e. The molecule has 3 rings (SSSR count). The highest BCUT2D eigenvalue weighted by atomic mass is 79.9. The zero-order chi connectivity index (χ0) is 14.3. The van der Waals surface area contributed by atoms with Crippen molar-refractivity contribution in [3.63, 3.8) is 0 Å². The Kier molecular flexibility index (Phi) is 3.89. The lowest BCUT2D eigenvalue weighted by molar-refractivity contribution is -0.123. The van der Waals surface area contributed by atoms with E-state index in [1.54, 1.807) is 4.90 Å². The fourth-order valence-corrected chi connectivity index (χ4v) is 3.21. The molecule has 5 heteroatoms. The number of anilines is 1. The van der Waals surface area contributed by atoms with Crippen LogP contribution in [0, 0.1) is 0 Å². The van der Waals surface area contributed by atoms with Gasteiger partial charge in [0.2, 0.25) is 5.91 Å². The maximum Gasteiger partial charge on any atom is 0.248 e. The highest BCUT2D eigenvalue weighted by Gasteiger charge is 2.47. The van der Waals surface area contributed by atoms with Gasteiger partial charge in [0.25, 0.3) is 0 Å². The fourth-order valence-electron chi connectivity index (χ4n) is 2.32. The predicted octanol–water partition coefficient (Wildman–Crippen LogP) is 4.91. The number of rotatable bonds is 2. The van der Waals surface area contributed by atoms with Gasteiger partial charge in [-0.25, -0.2) is 0 Å². The van der Waals surface area contributed by atoms with E-state index in [-0.39, 0.29) is 11.9 Å². The minimum atomic E-state index is -0.500. The molecule has 2 aromatic rings. The molecular formula is C15H10Br2ClNO. The van der Waals surface area contributed by atoms with E-state index in [0.717, 1.165) is 20.2 Å². The van der Waals surface area contributed by atoms with Gasteiger partial charge in [0.05, 0.1) is 6.04 Å². The number of β-lactam (4-membered cyclic amide) rings is 1. The third kappa shape index (κ3) is 2.41. The molecule has 1 aliphatic rings.